The first kappa shape index (κ1) is 16.4. The summed E-state index contributed by atoms with van der Waals surface area (Å²) in [6.07, 6.45) is 5.02. The van der Waals surface area contributed by atoms with E-state index in [-0.39, 0.29) is 5.91 Å². The lowest BCUT2D eigenvalue weighted by atomic mass is 9.96. The van der Waals surface area contributed by atoms with Gasteiger partial charge in [0.1, 0.15) is 0 Å². The van der Waals surface area contributed by atoms with Crippen LogP contribution < -0.4 is 11.1 Å². The SMILES string of the molecule is CCC(CCN)CCC(=O)NCC1CCN(CC)C1. The van der Waals surface area contributed by atoms with Gasteiger partial charge in [-0.3, -0.25) is 4.79 Å². The molecule has 0 saturated carbocycles. The van der Waals surface area contributed by atoms with Gasteiger partial charge in [-0.2, -0.15) is 0 Å². The highest BCUT2D eigenvalue weighted by molar-refractivity contribution is 5.75. The zero-order valence-electron chi connectivity index (χ0n) is 12.7. The maximum Gasteiger partial charge on any atom is 0.220 e. The third kappa shape index (κ3) is 6.39. The minimum atomic E-state index is 0.213. The van der Waals surface area contributed by atoms with Gasteiger partial charge >= 0.3 is 0 Å². The van der Waals surface area contributed by atoms with Crippen molar-refractivity contribution >= 4 is 5.91 Å². The predicted octanol–water partition coefficient (Wildman–Crippen LogP) is 1.60. The summed E-state index contributed by atoms with van der Waals surface area (Å²) in [4.78, 5) is 14.3. The predicted molar refractivity (Wildman–Crippen MR) is 79.9 cm³/mol. The van der Waals surface area contributed by atoms with Gasteiger partial charge in [0, 0.05) is 19.5 Å². The second-order valence-electron chi connectivity index (χ2n) is 5.74. The van der Waals surface area contributed by atoms with Crippen molar-refractivity contribution in [3.05, 3.63) is 0 Å². The molecule has 0 aromatic heterocycles. The van der Waals surface area contributed by atoms with Crippen molar-refractivity contribution in [1.82, 2.24) is 10.2 Å². The Morgan fingerprint density at radius 3 is 2.79 bits per heavy atom. The summed E-state index contributed by atoms with van der Waals surface area (Å²) < 4.78 is 0. The van der Waals surface area contributed by atoms with Crippen LogP contribution >= 0.6 is 0 Å². The minimum absolute atomic E-state index is 0.213. The van der Waals surface area contributed by atoms with E-state index >= 15 is 0 Å². The van der Waals surface area contributed by atoms with Gasteiger partial charge in [-0.05, 0) is 50.7 Å². The largest absolute Gasteiger partial charge is 0.356 e. The van der Waals surface area contributed by atoms with Gasteiger partial charge in [-0.25, -0.2) is 0 Å². The molecule has 1 fully saturated rings. The molecule has 0 aromatic carbocycles. The van der Waals surface area contributed by atoms with Crippen molar-refractivity contribution in [2.24, 2.45) is 17.6 Å². The van der Waals surface area contributed by atoms with Crippen LogP contribution in [-0.2, 0) is 4.79 Å². The van der Waals surface area contributed by atoms with Crippen molar-refractivity contribution in [3.8, 4) is 0 Å². The van der Waals surface area contributed by atoms with Crippen LogP contribution in [0.1, 0.15) is 46.0 Å². The third-order valence-electron chi connectivity index (χ3n) is 4.34. The first-order chi connectivity index (χ1) is 9.19. The van der Waals surface area contributed by atoms with E-state index in [1.807, 2.05) is 0 Å². The van der Waals surface area contributed by atoms with E-state index in [0.717, 1.165) is 45.4 Å². The summed E-state index contributed by atoms with van der Waals surface area (Å²) in [6.45, 7) is 9.41. The number of nitrogens with two attached hydrogens (primary N) is 1. The maximum atomic E-state index is 11.8. The van der Waals surface area contributed by atoms with Crippen LogP contribution in [-0.4, -0.2) is 43.5 Å². The Kier molecular flexibility index (Phi) is 8.07. The van der Waals surface area contributed by atoms with Crippen LogP contribution in [0.5, 0.6) is 0 Å². The summed E-state index contributed by atoms with van der Waals surface area (Å²) in [5.41, 5.74) is 5.57. The molecule has 3 N–H and O–H groups in total. The second kappa shape index (κ2) is 9.32. The van der Waals surface area contributed by atoms with Gasteiger partial charge in [-0.15, -0.1) is 0 Å². The fourth-order valence-corrected chi connectivity index (χ4v) is 2.84. The Morgan fingerprint density at radius 1 is 1.42 bits per heavy atom. The topological polar surface area (TPSA) is 58.4 Å². The fraction of sp³-hybridized carbons (Fsp3) is 0.933. The van der Waals surface area contributed by atoms with Gasteiger partial charge in [0.15, 0.2) is 0 Å². The summed E-state index contributed by atoms with van der Waals surface area (Å²) in [6, 6.07) is 0. The Morgan fingerprint density at radius 2 is 2.21 bits per heavy atom. The number of likely N-dealkylation sites (tertiary alicyclic amines) is 1. The van der Waals surface area contributed by atoms with E-state index in [1.54, 1.807) is 0 Å². The first-order valence-corrected chi connectivity index (χ1v) is 7.88. The molecule has 0 aromatic rings. The normalized spacial score (nSPS) is 21.5. The van der Waals surface area contributed by atoms with Crippen LogP contribution in [0.4, 0.5) is 0 Å². The van der Waals surface area contributed by atoms with Crippen LogP contribution in [0, 0.1) is 11.8 Å². The van der Waals surface area contributed by atoms with Gasteiger partial charge in [0.25, 0.3) is 0 Å². The summed E-state index contributed by atoms with van der Waals surface area (Å²) >= 11 is 0. The van der Waals surface area contributed by atoms with Gasteiger partial charge < -0.3 is 16.0 Å². The lowest BCUT2D eigenvalue weighted by molar-refractivity contribution is -0.121. The molecule has 1 rings (SSSR count). The Balaban J connectivity index is 2.11. The number of amides is 1. The monoisotopic (exact) mass is 269 g/mol. The Hall–Kier alpha value is -0.610. The fourth-order valence-electron chi connectivity index (χ4n) is 2.84. The molecule has 0 aliphatic carbocycles. The third-order valence-corrected chi connectivity index (χ3v) is 4.34. The molecule has 4 heteroatoms. The second-order valence-corrected chi connectivity index (χ2v) is 5.74. The van der Waals surface area contributed by atoms with Crippen molar-refractivity contribution < 1.29 is 4.79 Å². The smallest absolute Gasteiger partial charge is 0.220 e. The number of nitrogens with zero attached hydrogens (tertiary/aromatic N) is 1. The number of carbonyl (C=O) groups is 1. The Labute approximate surface area is 118 Å². The molecule has 19 heavy (non-hydrogen) atoms. The zero-order valence-corrected chi connectivity index (χ0v) is 12.7. The number of carbonyl (C=O) groups excluding carboxylic acids is 1. The van der Waals surface area contributed by atoms with Gasteiger partial charge in [0.05, 0.1) is 0 Å². The highest BCUT2D eigenvalue weighted by Crippen LogP contribution is 2.16. The van der Waals surface area contributed by atoms with Gasteiger partial charge in [-0.1, -0.05) is 20.3 Å². The number of rotatable bonds is 9. The number of nitrogens with one attached hydrogen (secondary N) is 1. The minimum Gasteiger partial charge on any atom is -0.356 e. The van der Waals surface area contributed by atoms with E-state index < -0.39 is 0 Å². The van der Waals surface area contributed by atoms with Crippen LogP contribution in [0.2, 0.25) is 0 Å². The van der Waals surface area contributed by atoms with Crippen LogP contribution in [0.25, 0.3) is 0 Å². The molecule has 0 bridgehead atoms. The van der Waals surface area contributed by atoms with Crippen molar-refractivity contribution in [3.63, 3.8) is 0 Å². The molecular formula is C15H31N3O. The summed E-state index contributed by atoms with van der Waals surface area (Å²) in [5.74, 6) is 1.47. The number of hydrogen-bond acceptors (Lipinski definition) is 3. The lowest BCUT2D eigenvalue weighted by Gasteiger charge is -2.15. The van der Waals surface area contributed by atoms with Crippen molar-refractivity contribution in [1.29, 1.82) is 0 Å². The average Bonchev–Trinajstić information content (AvgIpc) is 2.89. The average molecular weight is 269 g/mol. The standard InChI is InChI=1S/C15H31N3O/c1-3-13(7-9-16)5-6-15(19)17-11-14-8-10-18(4-2)12-14/h13-14H,3-12,16H2,1-2H3,(H,17,19). The number of hydrogen-bond donors (Lipinski definition) is 2. The highest BCUT2D eigenvalue weighted by Gasteiger charge is 2.21. The molecule has 0 spiro atoms. The van der Waals surface area contributed by atoms with Crippen LogP contribution in [0.3, 0.4) is 0 Å². The van der Waals surface area contributed by atoms with E-state index in [9.17, 15) is 4.79 Å². The molecule has 2 unspecified atom stereocenters. The van der Waals surface area contributed by atoms with Crippen molar-refractivity contribution in [2.75, 3.05) is 32.7 Å². The zero-order chi connectivity index (χ0) is 14.1. The maximum absolute atomic E-state index is 11.8. The molecule has 1 aliphatic rings. The summed E-state index contributed by atoms with van der Waals surface area (Å²) in [5, 5.41) is 3.09. The van der Waals surface area contributed by atoms with Crippen molar-refractivity contribution in [2.45, 2.75) is 46.0 Å². The molecule has 1 heterocycles. The molecule has 1 aliphatic heterocycles. The molecule has 2 atom stereocenters. The van der Waals surface area contributed by atoms with E-state index in [4.69, 9.17) is 5.73 Å². The molecule has 4 nitrogen and oxygen atoms in total. The molecule has 0 radical (unpaired) electrons. The molecule has 112 valence electrons. The highest BCUT2D eigenvalue weighted by atomic mass is 16.1. The molecule has 1 amide bonds. The summed E-state index contributed by atoms with van der Waals surface area (Å²) in [7, 11) is 0. The van der Waals surface area contributed by atoms with E-state index in [1.165, 1.54) is 13.0 Å². The van der Waals surface area contributed by atoms with Gasteiger partial charge in [0.2, 0.25) is 5.91 Å². The van der Waals surface area contributed by atoms with E-state index in [2.05, 4.69) is 24.1 Å². The molecule has 1 saturated heterocycles. The van der Waals surface area contributed by atoms with Crippen LogP contribution in [0.15, 0.2) is 0 Å². The quantitative estimate of drug-likeness (QED) is 0.668. The lowest BCUT2D eigenvalue weighted by Crippen LogP contribution is -2.31. The molecular weight excluding hydrogens is 238 g/mol. The Bertz CT molecular complexity index is 258. The van der Waals surface area contributed by atoms with E-state index in [0.29, 0.717) is 18.3 Å². The first-order valence-electron chi connectivity index (χ1n) is 7.88.